The number of halogens is 1. The summed E-state index contributed by atoms with van der Waals surface area (Å²) in [4.78, 5) is 25.1. The van der Waals surface area contributed by atoms with Crippen molar-refractivity contribution in [1.29, 1.82) is 0 Å². The first-order valence-electron chi connectivity index (χ1n) is 7.09. The van der Waals surface area contributed by atoms with E-state index in [4.69, 9.17) is 4.74 Å². The van der Waals surface area contributed by atoms with E-state index in [0.29, 0.717) is 0 Å². The van der Waals surface area contributed by atoms with Crippen LogP contribution in [0.5, 0.6) is 0 Å². The Hall–Kier alpha value is -1.79. The minimum absolute atomic E-state index is 0.0509. The molecular formula is C17H14BrNO3S. The Morgan fingerprint density at radius 3 is 2.74 bits per heavy atom. The highest BCUT2D eigenvalue weighted by Crippen LogP contribution is 2.36. The number of carbonyl (C=O) groups excluding carboxylic acids is 2. The Balaban J connectivity index is 1.58. The van der Waals surface area contributed by atoms with Crippen molar-refractivity contribution >= 4 is 45.3 Å². The standard InChI is InChI=1S/C17H14BrNO3S/c18-12-6-2-1-5-11(12)10-22-16(20)9-15-17(21)19-13-7-3-4-8-14(13)23-15/h1-8,15H,9-10H2,(H,19,21)/t15-/m1/s1. The van der Waals surface area contributed by atoms with Crippen molar-refractivity contribution in [3.63, 3.8) is 0 Å². The second-order valence-electron chi connectivity index (χ2n) is 5.05. The van der Waals surface area contributed by atoms with Gasteiger partial charge in [0, 0.05) is 14.9 Å². The van der Waals surface area contributed by atoms with Gasteiger partial charge >= 0.3 is 5.97 Å². The number of nitrogens with one attached hydrogen (secondary N) is 1. The van der Waals surface area contributed by atoms with Crippen LogP contribution in [0.15, 0.2) is 57.9 Å². The summed E-state index contributed by atoms with van der Waals surface area (Å²) in [5.41, 5.74) is 1.69. The lowest BCUT2D eigenvalue weighted by Crippen LogP contribution is -2.31. The summed E-state index contributed by atoms with van der Waals surface area (Å²) in [5, 5.41) is 2.36. The molecule has 0 spiro atoms. The van der Waals surface area contributed by atoms with Gasteiger partial charge in [-0.25, -0.2) is 0 Å². The number of esters is 1. The molecule has 1 aliphatic rings. The third-order valence-corrected chi connectivity index (χ3v) is 5.45. The van der Waals surface area contributed by atoms with E-state index in [2.05, 4.69) is 21.2 Å². The smallest absolute Gasteiger partial charge is 0.307 e. The van der Waals surface area contributed by atoms with Crippen LogP contribution < -0.4 is 5.32 Å². The van der Waals surface area contributed by atoms with E-state index in [9.17, 15) is 9.59 Å². The van der Waals surface area contributed by atoms with Gasteiger partial charge in [-0.05, 0) is 18.2 Å². The fraction of sp³-hybridized carbons (Fsp3) is 0.176. The number of ether oxygens (including phenoxy) is 1. The van der Waals surface area contributed by atoms with Crippen LogP contribution in [0, 0.1) is 0 Å². The minimum Gasteiger partial charge on any atom is -0.461 e. The number of para-hydroxylation sites is 1. The SMILES string of the molecule is O=C(C[C@H]1Sc2ccccc2NC1=O)OCc1ccccc1Br. The fourth-order valence-electron chi connectivity index (χ4n) is 2.21. The first-order chi connectivity index (χ1) is 11.1. The first kappa shape index (κ1) is 16.1. The molecule has 0 aliphatic carbocycles. The van der Waals surface area contributed by atoms with Crippen molar-refractivity contribution in [2.45, 2.75) is 23.2 Å². The summed E-state index contributed by atoms with van der Waals surface area (Å²) in [6.07, 6.45) is 0.0509. The molecule has 23 heavy (non-hydrogen) atoms. The van der Waals surface area contributed by atoms with Crippen molar-refractivity contribution in [2.24, 2.45) is 0 Å². The van der Waals surface area contributed by atoms with Crippen LogP contribution in [-0.4, -0.2) is 17.1 Å². The molecule has 0 saturated carbocycles. The number of carbonyl (C=O) groups is 2. The maximum absolute atomic E-state index is 12.1. The molecule has 2 aromatic carbocycles. The van der Waals surface area contributed by atoms with Gasteiger partial charge in [0.1, 0.15) is 6.61 Å². The largest absolute Gasteiger partial charge is 0.461 e. The average Bonchev–Trinajstić information content (AvgIpc) is 2.55. The van der Waals surface area contributed by atoms with Gasteiger partial charge in [0.15, 0.2) is 0 Å². The number of anilines is 1. The molecule has 1 amide bonds. The molecule has 0 fully saturated rings. The lowest BCUT2D eigenvalue weighted by molar-refractivity contribution is -0.145. The number of hydrogen-bond donors (Lipinski definition) is 1. The Morgan fingerprint density at radius 1 is 1.17 bits per heavy atom. The van der Waals surface area contributed by atoms with Crippen molar-refractivity contribution in [1.82, 2.24) is 0 Å². The topological polar surface area (TPSA) is 55.4 Å². The maximum atomic E-state index is 12.1. The molecule has 0 aromatic heterocycles. The second kappa shape index (κ2) is 7.19. The molecule has 0 bridgehead atoms. The molecule has 2 aromatic rings. The molecule has 0 unspecified atom stereocenters. The highest BCUT2D eigenvalue weighted by Gasteiger charge is 2.29. The van der Waals surface area contributed by atoms with Crippen molar-refractivity contribution in [3.05, 3.63) is 58.6 Å². The predicted octanol–water partition coefficient (Wildman–Crippen LogP) is 4.00. The minimum atomic E-state index is -0.461. The van der Waals surface area contributed by atoms with Crippen molar-refractivity contribution in [3.8, 4) is 0 Å². The van der Waals surface area contributed by atoms with E-state index in [-0.39, 0.29) is 24.9 Å². The Morgan fingerprint density at radius 2 is 1.91 bits per heavy atom. The molecule has 118 valence electrons. The highest BCUT2D eigenvalue weighted by atomic mass is 79.9. The first-order valence-corrected chi connectivity index (χ1v) is 8.76. The summed E-state index contributed by atoms with van der Waals surface area (Å²) < 4.78 is 6.18. The molecule has 1 aliphatic heterocycles. The lowest BCUT2D eigenvalue weighted by Gasteiger charge is -2.23. The number of amides is 1. The lowest BCUT2D eigenvalue weighted by atomic mass is 10.2. The summed E-state index contributed by atoms with van der Waals surface area (Å²) >= 11 is 4.81. The molecule has 1 N–H and O–H groups in total. The molecule has 4 nitrogen and oxygen atoms in total. The predicted molar refractivity (Wildman–Crippen MR) is 93.3 cm³/mol. The van der Waals surface area contributed by atoms with Gasteiger partial charge in [-0.15, -0.1) is 11.8 Å². The zero-order chi connectivity index (χ0) is 16.2. The Labute approximate surface area is 146 Å². The van der Waals surface area contributed by atoms with Crippen LogP contribution in [0.1, 0.15) is 12.0 Å². The number of hydrogen-bond acceptors (Lipinski definition) is 4. The van der Waals surface area contributed by atoms with E-state index in [1.807, 2.05) is 48.5 Å². The summed E-state index contributed by atoms with van der Waals surface area (Å²) in [6, 6.07) is 15.1. The summed E-state index contributed by atoms with van der Waals surface area (Å²) in [7, 11) is 0. The summed E-state index contributed by atoms with van der Waals surface area (Å²) in [5.74, 6) is -0.542. The third kappa shape index (κ3) is 3.95. The van der Waals surface area contributed by atoms with E-state index >= 15 is 0 Å². The molecule has 6 heteroatoms. The van der Waals surface area contributed by atoms with Gasteiger partial charge in [0.2, 0.25) is 5.91 Å². The van der Waals surface area contributed by atoms with E-state index < -0.39 is 5.25 Å². The van der Waals surface area contributed by atoms with Crippen LogP contribution in [0.4, 0.5) is 5.69 Å². The van der Waals surface area contributed by atoms with Gasteiger partial charge < -0.3 is 10.1 Å². The van der Waals surface area contributed by atoms with Gasteiger partial charge in [-0.2, -0.15) is 0 Å². The normalized spacial score (nSPS) is 16.4. The van der Waals surface area contributed by atoms with E-state index in [1.165, 1.54) is 11.8 Å². The third-order valence-electron chi connectivity index (χ3n) is 3.41. The van der Waals surface area contributed by atoms with Crippen LogP contribution in [0.2, 0.25) is 0 Å². The van der Waals surface area contributed by atoms with Crippen molar-refractivity contribution in [2.75, 3.05) is 5.32 Å². The molecule has 0 radical (unpaired) electrons. The van der Waals surface area contributed by atoms with Gasteiger partial charge in [0.05, 0.1) is 17.4 Å². The van der Waals surface area contributed by atoms with Crippen LogP contribution in [0.3, 0.4) is 0 Å². The fourth-order valence-corrected chi connectivity index (χ4v) is 3.71. The molecule has 0 saturated heterocycles. The van der Waals surface area contributed by atoms with Gasteiger partial charge in [-0.3, -0.25) is 9.59 Å². The molecule has 3 rings (SSSR count). The van der Waals surface area contributed by atoms with E-state index in [1.54, 1.807) is 0 Å². The zero-order valence-electron chi connectivity index (χ0n) is 12.1. The highest BCUT2D eigenvalue weighted by molar-refractivity contribution is 9.10. The average molecular weight is 392 g/mol. The van der Waals surface area contributed by atoms with Crippen LogP contribution in [-0.2, 0) is 20.9 Å². The molecule has 1 atom stereocenters. The number of benzene rings is 2. The Bertz CT molecular complexity index is 750. The number of rotatable bonds is 4. The van der Waals surface area contributed by atoms with Crippen molar-refractivity contribution < 1.29 is 14.3 Å². The Kier molecular flexibility index (Phi) is 5.03. The van der Waals surface area contributed by atoms with E-state index in [0.717, 1.165) is 20.6 Å². The van der Waals surface area contributed by atoms with Gasteiger partial charge in [0.25, 0.3) is 0 Å². The van der Waals surface area contributed by atoms with Crippen LogP contribution in [0.25, 0.3) is 0 Å². The monoisotopic (exact) mass is 391 g/mol. The molecule has 1 heterocycles. The number of fused-ring (bicyclic) bond motifs is 1. The van der Waals surface area contributed by atoms with Crippen LogP contribution >= 0.6 is 27.7 Å². The second-order valence-corrected chi connectivity index (χ2v) is 7.15. The zero-order valence-corrected chi connectivity index (χ0v) is 14.5. The maximum Gasteiger partial charge on any atom is 0.307 e. The molecular weight excluding hydrogens is 378 g/mol. The van der Waals surface area contributed by atoms with Gasteiger partial charge in [-0.1, -0.05) is 46.3 Å². The summed E-state index contributed by atoms with van der Waals surface area (Å²) in [6.45, 7) is 0.190. The number of thioether (sulfide) groups is 1. The quantitative estimate of drug-likeness (QED) is 0.800.